The van der Waals surface area contributed by atoms with E-state index in [0.717, 1.165) is 33.0 Å². The van der Waals surface area contributed by atoms with Crippen molar-refractivity contribution in [2.75, 3.05) is 12.4 Å². The first-order chi connectivity index (χ1) is 12.1. The van der Waals surface area contributed by atoms with Crippen LogP contribution in [0, 0.1) is 0 Å². The Kier molecular flexibility index (Phi) is 5.56. The average molecular weight is 400 g/mol. The summed E-state index contributed by atoms with van der Waals surface area (Å²) in [7, 11) is 1.64. The molecule has 1 heterocycles. The average Bonchev–Trinajstić information content (AvgIpc) is 3.09. The Bertz CT molecular complexity index is 855. The third-order valence-corrected chi connectivity index (χ3v) is 4.24. The van der Waals surface area contributed by atoms with Gasteiger partial charge in [-0.2, -0.15) is 0 Å². The first-order valence-electron chi connectivity index (χ1n) is 7.92. The van der Waals surface area contributed by atoms with Crippen LogP contribution in [0.2, 0.25) is 0 Å². The number of carbonyl (C=O) groups excluding carboxylic acids is 1. The summed E-state index contributed by atoms with van der Waals surface area (Å²) in [5.41, 5.74) is 1.75. The van der Waals surface area contributed by atoms with Gasteiger partial charge in [-0.25, -0.2) is 0 Å². The van der Waals surface area contributed by atoms with Crippen LogP contribution in [-0.2, 0) is 11.2 Å². The van der Waals surface area contributed by atoms with Crippen molar-refractivity contribution in [3.63, 3.8) is 0 Å². The van der Waals surface area contributed by atoms with E-state index in [1.807, 2.05) is 60.7 Å². The Morgan fingerprint density at radius 2 is 1.92 bits per heavy atom. The number of hydrogen-bond acceptors (Lipinski definition) is 3. The molecule has 0 unspecified atom stereocenters. The summed E-state index contributed by atoms with van der Waals surface area (Å²) in [6.07, 6.45) is 0.915. The SMILES string of the molecule is COc1ccc(-c2ccc(CCC(=O)Nc3cccc(Br)c3)o2)cc1. The van der Waals surface area contributed by atoms with E-state index in [9.17, 15) is 4.79 Å². The predicted molar refractivity (Wildman–Crippen MR) is 102 cm³/mol. The van der Waals surface area contributed by atoms with E-state index in [-0.39, 0.29) is 5.91 Å². The van der Waals surface area contributed by atoms with E-state index >= 15 is 0 Å². The molecular weight excluding hydrogens is 382 g/mol. The van der Waals surface area contributed by atoms with Crippen LogP contribution in [-0.4, -0.2) is 13.0 Å². The number of amides is 1. The molecule has 0 spiro atoms. The summed E-state index contributed by atoms with van der Waals surface area (Å²) in [5.74, 6) is 2.33. The normalized spacial score (nSPS) is 10.5. The van der Waals surface area contributed by atoms with Gasteiger partial charge in [0.1, 0.15) is 17.3 Å². The molecule has 3 aromatic rings. The first-order valence-corrected chi connectivity index (χ1v) is 8.72. The van der Waals surface area contributed by atoms with Crippen molar-refractivity contribution in [3.05, 3.63) is 70.9 Å². The fraction of sp³-hybridized carbons (Fsp3) is 0.150. The first kappa shape index (κ1) is 17.3. The van der Waals surface area contributed by atoms with Crippen LogP contribution in [0.15, 0.2) is 69.6 Å². The minimum absolute atomic E-state index is 0.0412. The largest absolute Gasteiger partial charge is 0.497 e. The van der Waals surface area contributed by atoms with Gasteiger partial charge in [-0.15, -0.1) is 0 Å². The molecule has 1 N–H and O–H groups in total. The minimum atomic E-state index is -0.0412. The number of ether oxygens (including phenoxy) is 1. The quantitative estimate of drug-likeness (QED) is 0.612. The van der Waals surface area contributed by atoms with Gasteiger partial charge in [-0.1, -0.05) is 22.0 Å². The number of methoxy groups -OCH3 is 1. The fourth-order valence-electron chi connectivity index (χ4n) is 2.45. The van der Waals surface area contributed by atoms with Crippen molar-refractivity contribution in [3.8, 4) is 17.1 Å². The highest BCUT2D eigenvalue weighted by molar-refractivity contribution is 9.10. The lowest BCUT2D eigenvalue weighted by Crippen LogP contribution is -2.12. The second-order valence-electron chi connectivity index (χ2n) is 5.55. The zero-order chi connectivity index (χ0) is 17.6. The lowest BCUT2D eigenvalue weighted by Gasteiger charge is -2.05. The Balaban J connectivity index is 1.56. The zero-order valence-corrected chi connectivity index (χ0v) is 15.4. The van der Waals surface area contributed by atoms with Crippen LogP contribution in [0.3, 0.4) is 0 Å². The molecule has 0 saturated heterocycles. The number of rotatable bonds is 6. The summed E-state index contributed by atoms with van der Waals surface area (Å²) >= 11 is 3.39. The van der Waals surface area contributed by atoms with Gasteiger partial charge in [0, 0.05) is 28.6 Å². The summed E-state index contributed by atoms with van der Waals surface area (Å²) in [6, 6.07) is 19.0. The molecule has 0 saturated carbocycles. The molecule has 5 heteroatoms. The van der Waals surface area contributed by atoms with Crippen molar-refractivity contribution in [2.24, 2.45) is 0 Å². The number of furan rings is 1. The monoisotopic (exact) mass is 399 g/mol. The molecule has 0 radical (unpaired) electrons. The van der Waals surface area contributed by atoms with Gasteiger partial charge in [0.05, 0.1) is 7.11 Å². The molecule has 25 heavy (non-hydrogen) atoms. The molecule has 0 bridgehead atoms. The fourth-order valence-corrected chi connectivity index (χ4v) is 2.85. The van der Waals surface area contributed by atoms with Gasteiger partial charge in [0.15, 0.2) is 0 Å². The van der Waals surface area contributed by atoms with Crippen LogP contribution in [0.25, 0.3) is 11.3 Å². The molecule has 0 aliphatic heterocycles. The summed E-state index contributed by atoms with van der Waals surface area (Å²) in [5, 5.41) is 2.88. The number of carbonyl (C=O) groups is 1. The maximum absolute atomic E-state index is 12.1. The molecule has 1 amide bonds. The molecule has 0 fully saturated rings. The molecule has 4 nitrogen and oxygen atoms in total. The van der Waals surface area contributed by atoms with Crippen molar-refractivity contribution in [2.45, 2.75) is 12.8 Å². The van der Waals surface area contributed by atoms with E-state index in [2.05, 4.69) is 21.2 Å². The third-order valence-electron chi connectivity index (χ3n) is 3.74. The van der Waals surface area contributed by atoms with Gasteiger partial charge in [0.25, 0.3) is 0 Å². The molecule has 1 aromatic heterocycles. The topological polar surface area (TPSA) is 51.5 Å². The molecule has 0 aliphatic carbocycles. The molecule has 2 aromatic carbocycles. The highest BCUT2D eigenvalue weighted by atomic mass is 79.9. The molecular formula is C20H18BrNO3. The summed E-state index contributed by atoms with van der Waals surface area (Å²) in [4.78, 5) is 12.1. The highest BCUT2D eigenvalue weighted by Gasteiger charge is 2.08. The van der Waals surface area contributed by atoms with Crippen LogP contribution >= 0.6 is 15.9 Å². The third kappa shape index (κ3) is 4.73. The predicted octanol–water partition coefficient (Wildman–Crippen LogP) is 5.29. The van der Waals surface area contributed by atoms with Gasteiger partial charge >= 0.3 is 0 Å². The van der Waals surface area contributed by atoms with Crippen molar-refractivity contribution in [1.82, 2.24) is 0 Å². The lowest BCUT2D eigenvalue weighted by molar-refractivity contribution is -0.116. The Morgan fingerprint density at radius 3 is 2.64 bits per heavy atom. The van der Waals surface area contributed by atoms with Crippen molar-refractivity contribution < 1.29 is 13.9 Å². The van der Waals surface area contributed by atoms with Gasteiger partial charge in [-0.05, 0) is 54.6 Å². The number of hydrogen-bond donors (Lipinski definition) is 1. The van der Waals surface area contributed by atoms with Gasteiger partial charge in [-0.3, -0.25) is 4.79 Å². The second kappa shape index (κ2) is 8.03. The second-order valence-corrected chi connectivity index (χ2v) is 6.47. The Labute approximate surface area is 154 Å². The van der Waals surface area contributed by atoms with Crippen LogP contribution in [0.5, 0.6) is 5.75 Å². The number of nitrogens with one attached hydrogen (secondary N) is 1. The number of benzene rings is 2. The summed E-state index contributed by atoms with van der Waals surface area (Å²) in [6.45, 7) is 0. The van der Waals surface area contributed by atoms with E-state index in [4.69, 9.17) is 9.15 Å². The summed E-state index contributed by atoms with van der Waals surface area (Å²) < 4.78 is 11.9. The number of halogens is 1. The number of anilines is 1. The highest BCUT2D eigenvalue weighted by Crippen LogP contribution is 2.25. The van der Waals surface area contributed by atoms with E-state index < -0.39 is 0 Å². The molecule has 3 rings (SSSR count). The smallest absolute Gasteiger partial charge is 0.224 e. The Hall–Kier alpha value is -2.53. The van der Waals surface area contributed by atoms with Crippen LogP contribution in [0.1, 0.15) is 12.2 Å². The zero-order valence-electron chi connectivity index (χ0n) is 13.8. The van der Waals surface area contributed by atoms with Crippen LogP contribution in [0.4, 0.5) is 5.69 Å². The maximum atomic E-state index is 12.1. The molecule has 0 atom stereocenters. The number of aryl methyl sites for hydroxylation is 1. The Morgan fingerprint density at radius 1 is 1.12 bits per heavy atom. The van der Waals surface area contributed by atoms with Gasteiger partial charge < -0.3 is 14.5 Å². The minimum Gasteiger partial charge on any atom is -0.497 e. The maximum Gasteiger partial charge on any atom is 0.224 e. The van der Waals surface area contributed by atoms with Crippen molar-refractivity contribution >= 4 is 27.5 Å². The standard InChI is InChI=1S/C20H18BrNO3/c1-24-17-7-5-14(6-8-17)19-11-9-18(25-19)10-12-20(23)22-16-4-2-3-15(21)13-16/h2-9,11,13H,10,12H2,1H3,(H,22,23). The van der Waals surface area contributed by atoms with Crippen LogP contribution < -0.4 is 10.1 Å². The molecule has 0 aliphatic rings. The van der Waals surface area contributed by atoms with E-state index in [0.29, 0.717) is 12.8 Å². The van der Waals surface area contributed by atoms with Crippen molar-refractivity contribution in [1.29, 1.82) is 0 Å². The van der Waals surface area contributed by atoms with Gasteiger partial charge in [0.2, 0.25) is 5.91 Å². The lowest BCUT2D eigenvalue weighted by atomic mass is 10.2. The van der Waals surface area contributed by atoms with E-state index in [1.165, 1.54) is 0 Å². The molecule has 128 valence electrons. The van der Waals surface area contributed by atoms with E-state index in [1.54, 1.807) is 7.11 Å².